The summed E-state index contributed by atoms with van der Waals surface area (Å²) in [5.74, 6) is 1.49. The molecule has 4 rings (SSSR count). The number of H-pyrrole nitrogens is 1. The number of anilines is 1. The van der Waals surface area contributed by atoms with Crippen molar-refractivity contribution in [2.75, 3.05) is 25.1 Å². The first kappa shape index (κ1) is 18.0. The van der Waals surface area contributed by atoms with Crippen LogP contribution in [0.5, 0.6) is 5.75 Å². The molecule has 7 nitrogen and oxygen atoms in total. The fraction of sp³-hybridized carbons (Fsp3) is 0.286. The first-order valence-corrected chi connectivity index (χ1v) is 9.38. The van der Waals surface area contributed by atoms with Gasteiger partial charge in [-0.2, -0.15) is 5.10 Å². The second-order valence-corrected chi connectivity index (χ2v) is 6.71. The molecule has 144 valence electrons. The number of benzene rings is 1. The molecule has 1 saturated heterocycles. The summed E-state index contributed by atoms with van der Waals surface area (Å²) in [6, 6.07) is 11.7. The number of ether oxygens (including phenoxy) is 1. The third-order valence-corrected chi connectivity index (χ3v) is 4.98. The van der Waals surface area contributed by atoms with Gasteiger partial charge >= 0.3 is 6.03 Å². The van der Waals surface area contributed by atoms with Crippen molar-refractivity contribution in [3.63, 3.8) is 0 Å². The zero-order valence-corrected chi connectivity index (χ0v) is 16.1. The Balaban J connectivity index is 1.53. The Labute approximate surface area is 164 Å². The van der Waals surface area contributed by atoms with Gasteiger partial charge in [-0.15, -0.1) is 0 Å². The van der Waals surface area contributed by atoms with E-state index in [0.717, 1.165) is 34.6 Å². The fourth-order valence-corrected chi connectivity index (χ4v) is 3.50. The van der Waals surface area contributed by atoms with Crippen LogP contribution in [0.4, 0.5) is 10.6 Å². The summed E-state index contributed by atoms with van der Waals surface area (Å²) in [4.78, 5) is 21.3. The lowest BCUT2D eigenvalue weighted by atomic mass is 10.1. The number of carbonyl (C=O) groups excluding carboxylic acids is 1. The van der Waals surface area contributed by atoms with Crippen LogP contribution in [0, 0.1) is 0 Å². The maximum atomic E-state index is 12.9. The fourth-order valence-electron chi connectivity index (χ4n) is 3.50. The van der Waals surface area contributed by atoms with Crippen LogP contribution in [-0.4, -0.2) is 46.3 Å². The van der Waals surface area contributed by atoms with E-state index in [1.165, 1.54) is 0 Å². The van der Waals surface area contributed by atoms with Gasteiger partial charge in [0.15, 0.2) is 0 Å². The van der Waals surface area contributed by atoms with Crippen molar-refractivity contribution in [2.24, 2.45) is 0 Å². The Bertz CT molecular complexity index is 971. The number of nitrogens with zero attached hydrogens (tertiary/aromatic N) is 4. The number of pyridine rings is 1. The Morgan fingerprint density at radius 1 is 1.21 bits per heavy atom. The van der Waals surface area contributed by atoms with Crippen LogP contribution in [0.2, 0.25) is 0 Å². The van der Waals surface area contributed by atoms with Gasteiger partial charge in [-0.05, 0) is 36.2 Å². The van der Waals surface area contributed by atoms with E-state index in [4.69, 9.17) is 9.72 Å². The highest BCUT2D eigenvalue weighted by Gasteiger charge is 2.30. The lowest BCUT2D eigenvalue weighted by Crippen LogP contribution is -2.32. The number of urea groups is 1. The molecule has 1 N–H and O–H groups in total. The van der Waals surface area contributed by atoms with Gasteiger partial charge in [0.2, 0.25) is 0 Å². The summed E-state index contributed by atoms with van der Waals surface area (Å²) in [5, 5.41) is 6.85. The Kier molecular flexibility index (Phi) is 4.97. The minimum Gasteiger partial charge on any atom is -0.497 e. The largest absolute Gasteiger partial charge is 0.497 e. The first-order valence-electron chi connectivity index (χ1n) is 9.38. The molecule has 0 unspecified atom stereocenters. The Morgan fingerprint density at radius 2 is 2.11 bits per heavy atom. The summed E-state index contributed by atoms with van der Waals surface area (Å²) >= 11 is 0. The SMILES string of the molecule is CCc1nc(N2CCN(Cc3cccc(OC)c3)C2=O)ccc1-c1cn[nH]c1. The highest BCUT2D eigenvalue weighted by atomic mass is 16.5. The third kappa shape index (κ3) is 3.43. The van der Waals surface area contributed by atoms with E-state index in [2.05, 4.69) is 17.1 Å². The van der Waals surface area contributed by atoms with Gasteiger partial charge in [0.1, 0.15) is 11.6 Å². The van der Waals surface area contributed by atoms with Gasteiger partial charge in [0, 0.05) is 37.0 Å². The van der Waals surface area contributed by atoms with Gasteiger partial charge in [0.05, 0.1) is 19.0 Å². The molecule has 2 amide bonds. The summed E-state index contributed by atoms with van der Waals surface area (Å²) < 4.78 is 5.27. The maximum Gasteiger partial charge on any atom is 0.326 e. The highest BCUT2D eigenvalue weighted by Crippen LogP contribution is 2.27. The van der Waals surface area contributed by atoms with Gasteiger partial charge in [-0.1, -0.05) is 19.1 Å². The Morgan fingerprint density at radius 3 is 2.86 bits per heavy atom. The van der Waals surface area contributed by atoms with Crippen LogP contribution in [-0.2, 0) is 13.0 Å². The molecule has 3 heterocycles. The predicted octanol–water partition coefficient (Wildman–Crippen LogP) is 3.48. The van der Waals surface area contributed by atoms with Crippen LogP contribution in [0.15, 0.2) is 48.8 Å². The van der Waals surface area contributed by atoms with Gasteiger partial charge in [0.25, 0.3) is 0 Å². The number of aromatic amines is 1. The minimum absolute atomic E-state index is 0.0200. The predicted molar refractivity (Wildman–Crippen MR) is 107 cm³/mol. The van der Waals surface area contributed by atoms with Crippen molar-refractivity contribution in [2.45, 2.75) is 19.9 Å². The summed E-state index contributed by atoms with van der Waals surface area (Å²) in [6.07, 6.45) is 4.42. The van der Waals surface area contributed by atoms with E-state index >= 15 is 0 Å². The second kappa shape index (κ2) is 7.72. The zero-order chi connectivity index (χ0) is 19.5. The molecule has 28 heavy (non-hydrogen) atoms. The zero-order valence-electron chi connectivity index (χ0n) is 16.1. The molecule has 2 aromatic heterocycles. The lowest BCUT2D eigenvalue weighted by Gasteiger charge is -2.19. The van der Waals surface area contributed by atoms with E-state index in [0.29, 0.717) is 25.5 Å². The van der Waals surface area contributed by atoms with E-state index in [1.54, 1.807) is 18.2 Å². The highest BCUT2D eigenvalue weighted by molar-refractivity contribution is 5.93. The Hall–Kier alpha value is -3.35. The van der Waals surface area contributed by atoms with Gasteiger partial charge in [-0.3, -0.25) is 10.00 Å². The molecule has 0 spiro atoms. The van der Waals surface area contributed by atoms with Crippen molar-refractivity contribution >= 4 is 11.8 Å². The molecular formula is C21H23N5O2. The molecule has 3 aromatic rings. The monoisotopic (exact) mass is 377 g/mol. The van der Waals surface area contributed by atoms with Crippen LogP contribution < -0.4 is 9.64 Å². The first-order chi connectivity index (χ1) is 13.7. The van der Waals surface area contributed by atoms with Gasteiger partial charge < -0.3 is 9.64 Å². The molecule has 0 atom stereocenters. The number of methoxy groups -OCH3 is 1. The lowest BCUT2D eigenvalue weighted by molar-refractivity contribution is 0.218. The number of amides is 2. The van der Waals surface area contributed by atoms with E-state index in [9.17, 15) is 4.79 Å². The van der Waals surface area contributed by atoms with E-state index < -0.39 is 0 Å². The summed E-state index contributed by atoms with van der Waals surface area (Å²) in [5.41, 5.74) is 4.05. The second-order valence-electron chi connectivity index (χ2n) is 6.71. The molecule has 7 heteroatoms. The van der Waals surface area contributed by atoms with Crippen molar-refractivity contribution in [3.8, 4) is 16.9 Å². The van der Waals surface area contributed by atoms with Crippen molar-refractivity contribution < 1.29 is 9.53 Å². The van der Waals surface area contributed by atoms with Crippen LogP contribution in [0.1, 0.15) is 18.2 Å². The van der Waals surface area contributed by atoms with Crippen LogP contribution >= 0.6 is 0 Å². The average Bonchev–Trinajstić information content (AvgIpc) is 3.38. The number of rotatable bonds is 6. The maximum absolute atomic E-state index is 12.9. The topological polar surface area (TPSA) is 74.3 Å². The summed E-state index contributed by atoms with van der Waals surface area (Å²) in [6.45, 7) is 3.92. The van der Waals surface area contributed by atoms with E-state index in [-0.39, 0.29) is 6.03 Å². The number of hydrogen-bond acceptors (Lipinski definition) is 4. The van der Waals surface area contributed by atoms with E-state index in [1.807, 2.05) is 47.5 Å². The molecule has 0 bridgehead atoms. The minimum atomic E-state index is -0.0200. The quantitative estimate of drug-likeness (QED) is 0.714. The standard InChI is InChI=1S/C21H23N5O2/c1-3-19-18(16-12-22-23-13-16)7-8-20(24-19)26-10-9-25(21(26)27)14-15-5-4-6-17(11-15)28-2/h4-8,11-13H,3,9-10,14H2,1-2H3,(H,22,23). The van der Waals surface area contributed by atoms with Crippen molar-refractivity contribution in [1.82, 2.24) is 20.1 Å². The smallest absolute Gasteiger partial charge is 0.326 e. The van der Waals surface area contributed by atoms with Crippen LogP contribution in [0.3, 0.4) is 0 Å². The molecule has 1 aliphatic rings. The third-order valence-electron chi connectivity index (χ3n) is 4.98. The average molecular weight is 377 g/mol. The number of carbonyl (C=O) groups is 1. The normalized spacial score (nSPS) is 14.0. The van der Waals surface area contributed by atoms with Crippen LogP contribution in [0.25, 0.3) is 11.1 Å². The van der Waals surface area contributed by atoms with Crippen molar-refractivity contribution in [3.05, 3.63) is 60.0 Å². The number of aryl methyl sites for hydroxylation is 1. The van der Waals surface area contributed by atoms with Gasteiger partial charge in [-0.25, -0.2) is 9.78 Å². The summed E-state index contributed by atoms with van der Waals surface area (Å²) in [7, 11) is 1.64. The molecule has 1 aliphatic heterocycles. The molecule has 1 fully saturated rings. The number of hydrogen-bond donors (Lipinski definition) is 1. The number of aromatic nitrogens is 3. The molecule has 0 aliphatic carbocycles. The number of nitrogens with one attached hydrogen (secondary N) is 1. The van der Waals surface area contributed by atoms with Crippen molar-refractivity contribution in [1.29, 1.82) is 0 Å². The molecule has 0 radical (unpaired) electrons. The molecule has 1 aromatic carbocycles. The molecular weight excluding hydrogens is 354 g/mol. The molecule has 0 saturated carbocycles.